The third-order valence-corrected chi connectivity index (χ3v) is 4.86. The van der Waals surface area contributed by atoms with Gasteiger partial charge in [0.05, 0.1) is 23.3 Å². The van der Waals surface area contributed by atoms with Crippen molar-refractivity contribution in [1.29, 1.82) is 5.26 Å². The monoisotopic (exact) mass is 529 g/mol. The van der Waals surface area contributed by atoms with Crippen LogP contribution in [0.25, 0.3) is 5.65 Å². The number of rotatable bonds is 4. The number of anilines is 2. The fourth-order valence-electron chi connectivity index (χ4n) is 2.63. The summed E-state index contributed by atoms with van der Waals surface area (Å²) in [6, 6.07) is 5.56. The molecule has 0 saturated carbocycles. The Morgan fingerprint density at radius 1 is 1.16 bits per heavy atom. The van der Waals surface area contributed by atoms with Crippen LogP contribution < -0.4 is 10.2 Å². The van der Waals surface area contributed by atoms with Crippen molar-refractivity contribution in [2.75, 3.05) is 23.8 Å². The molecule has 0 aromatic carbocycles. The summed E-state index contributed by atoms with van der Waals surface area (Å²) in [6.07, 6.45) is -5.43. The minimum absolute atomic E-state index is 0.129. The van der Waals surface area contributed by atoms with E-state index in [0.29, 0.717) is 0 Å². The molecule has 1 N–H and O–H groups in total. The second-order valence-corrected chi connectivity index (χ2v) is 8.08. The van der Waals surface area contributed by atoms with Crippen LogP contribution in [-0.4, -0.2) is 39.4 Å². The lowest BCUT2D eigenvalue weighted by atomic mass is 10.2. The fraction of sp³-hybridized carbons (Fsp3) is 0.417. The molecule has 3 rings (SSSR count). The molecule has 3 heterocycles. The van der Waals surface area contributed by atoms with Crippen LogP contribution in [-0.2, 0) is 6.18 Å². The highest BCUT2D eigenvalue weighted by atomic mass is 19.4. The van der Waals surface area contributed by atoms with E-state index < -0.39 is 24.0 Å². The first-order chi connectivity index (χ1) is 17.0. The van der Waals surface area contributed by atoms with Gasteiger partial charge < -0.3 is 10.2 Å². The van der Waals surface area contributed by atoms with Crippen LogP contribution in [0.1, 0.15) is 43.5 Å². The molecule has 0 saturated heterocycles. The summed E-state index contributed by atoms with van der Waals surface area (Å²) in [5.74, 6) is -1.20. The second kappa shape index (κ2) is 12.9. The van der Waals surface area contributed by atoms with Crippen LogP contribution >= 0.6 is 0 Å². The zero-order valence-corrected chi connectivity index (χ0v) is 21.3. The molecule has 3 aromatic heterocycles. The molecule has 7 nitrogen and oxygen atoms in total. The van der Waals surface area contributed by atoms with Crippen molar-refractivity contribution in [3.8, 4) is 6.07 Å². The summed E-state index contributed by atoms with van der Waals surface area (Å²) in [7, 11) is 2.06. The maximum Gasteiger partial charge on any atom is 0.433 e. The third kappa shape index (κ3) is 9.29. The van der Waals surface area contributed by atoms with E-state index >= 15 is 0 Å². The Hall–Kier alpha value is -3.82. The zero-order valence-electron chi connectivity index (χ0n) is 21.3. The summed E-state index contributed by atoms with van der Waals surface area (Å²) in [6.45, 7) is 12.7. The molecule has 0 fully saturated rings. The second-order valence-electron chi connectivity index (χ2n) is 8.08. The summed E-state index contributed by atoms with van der Waals surface area (Å²) >= 11 is 0. The van der Waals surface area contributed by atoms with Gasteiger partial charge in [-0.2, -0.15) is 36.7 Å². The topological polar surface area (TPSA) is 82.1 Å². The van der Waals surface area contributed by atoms with Gasteiger partial charge in [0.2, 0.25) is 0 Å². The molecule has 0 unspecified atom stereocenters. The number of aryl methyl sites for hydroxylation is 2. The summed E-state index contributed by atoms with van der Waals surface area (Å²) in [5, 5.41) is 15.4. The van der Waals surface area contributed by atoms with Crippen LogP contribution in [0.4, 0.5) is 37.7 Å². The van der Waals surface area contributed by atoms with Crippen molar-refractivity contribution < 1.29 is 26.3 Å². The van der Waals surface area contributed by atoms with Crippen molar-refractivity contribution in [3.63, 3.8) is 0 Å². The summed E-state index contributed by atoms with van der Waals surface area (Å²) in [4.78, 5) is 9.70. The molecule has 202 valence electrons. The smallest absolute Gasteiger partial charge is 0.372 e. The molecule has 0 bridgehead atoms. The van der Waals surface area contributed by atoms with Gasteiger partial charge in [0.1, 0.15) is 17.5 Å². The van der Waals surface area contributed by atoms with Crippen molar-refractivity contribution in [1.82, 2.24) is 19.6 Å². The van der Waals surface area contributed by atoms with Gasteiger partial charge in [0, 0.05) is 31.3 Å². The predicted octanol–water partition coefficient (Wildman–Crippen LogP) is 6.53. The van der Waals surface area contributed by atoms with E-state index in [1.165, 1.54) is 12.3 Å². The molecule has 0 aliphatic carbocycles. The van der Waals surface area contributed by atoms with Gasteiger partial charge in [0.15, 0.2) is 5.65 Å². The molecule has 0 aliphatic rings. The number of nitrogens with one attached hydrogen (secondary N) is 1. The first-order valence-electron chi connectivity index (χ1n) is 11.0. The molecule has 13 heteroatoms. The number of halogens is 6. The summed E-state index contributed by atoms with van der Waals surface area (Å²) in [5.41, 5.74) is 2.91. The number of fused-ring (bicyclic) bond motifs is 1. The average Bonchev–Trinajstić information content (AvgIpc) is 3.20. The van der Waals surface area contributed by atoms with Crippen LogP contribution in [0.5, 0.6) is 0 Å². The molecule has 0 amide bonds. The first kappa shape index (κ1) is 31.2. The highest BCUT2D eigenvalue weighted by Gasteiger charge is 2.33. The Morgan fingerprint density at radius 3 is 2.22 bits per heavy atom. The zero-order chi connectivity index (χ0) is 28.6. The number of hydrogen-bond donors (Lipinski definition) is 1. The standard InChI is InChI=1S/C11H16N4.C9H6F3N3.C4H7F3/c1-5-14(4)10-7-12-11-6-8(2)13-15(11)9(10)3;1-2-14-6-3-7(5-13)15-8(4-6)9(10,11)12;1-3(2)4(5,6)7/h6-7H,5H2,1-4H3;2-4H,1H2,(H,14,15);3H,1-2H3. The number of nitrogens with zero attached hydrogens (tertiary/aromatic N) is 6. The minimum atomic E-state index is -4.57. The van der Waals surface area contributed by atoms with Gasteiger partial charge >= 0.3 is 12.4 Å². The average molecular weight is 530 g/mol. The number of nitriles is 1. The number of alkyl halides is 6. The maximum atomic E-state index is 12.3. The van der Waals surface area contributed by atoms with E-state index in [1.54, 1.807) is 6.07 Å². The molecular weight excluding hydrogens is 500 g/mol. The van der Waals surface area contributed by atoms with Gasteiger partial charge in [-0.25, -0.2) is 14.5 Å². The lowest BCUT2D eigenvalue weighted by molar-refractivity contribution is -0.164. The van der Waals surface area contributed by atoms with Crippen LogP contribution in [0.2, 0.25) is 0 Å². The first-order valence-corrected chi connectivity index (χ1v) is 11.0. The Morgan fingerprint density at radius 2 is 1.76 bits per heavy atom. The Bertz CT molecular complexity index is 1220. The lowest BCUT2D eigenvalue weighted by Crippen LogP contribution is -2.18. The van der Waals surface area contributed by atoms with E-state index in [-0.39, 0.29) is 11.4 Å². The largest absolute Gasteiger partial charge is 0.433 e. The van der Waals surface area contributed by atoms with E-state index in [1.807, 2.05) is 23.7 Å². The fourth-order valence-corrected chi connectivity index (χ4v) is 2.63. The molecule has 0 atom stereocenters. The van der Waals surface area contributed by atoms with E-state index in [2.05, 4.69) is 52.8 Å². The molecule has 37 heavy (non-hydrogen) atoms. The molecule has 0 spiro atoms. The van der Waals surface area contributed by atoms with Crippen molar-refractivity contribution in [2.45, 2.75) is 47.0 Å². The van der Waals surface area contributed by atoms with E-state index in [0.717, 1.165) is 49.2 Å². The van der Waals surface area contributed by atoms with Gasteiger partial charge in [-0.05, 0) is 39.1 Å². The number of hydrogen-bond acceptors (Lipinski definition) is 6. The minimum Gasteiger partial charge on any atom is -0.372 e. The Labute approximate surface area is 211 Å². The van der Waals surface area contributed by atoms with Crippen LogP contribution in [0, 0.1) is 31.1 Å². The summed E-state index contributed by atoms with van der Waals surface area (Å²) < 4.78 is 72.3. The quantitative estimate of drug-likeness (QED) is 0.387. The Kier molecular flexibility index (Phi) is 10.9. The van der Waals surface area contributed by atoms with Crippen LogP contribution in [0.3, 0.4) is 0 Å². The molecule has 0 radical (unpaired) electrons. The van der Waals surface area contributed by atoms with Gasteiger partial charge in [-0.1, -0.05) is 20.4 Å². The van der Waals surface area contributed by atoms with Crippen molar-refractivity contribution in [2.24, 2.45) is 5.92 Å². The SMILES string of the molecule is C=CNc1cc(C#N)nc(C(F)(F)F)c1.CC(C)C(F)(F)F.CCN(C)c1cnc2cc(C)nn2c1C. The van der Waals surface area contributed by atoms with Gasteiger partial charge in [-0.3, -0.25) is 0 Å². The Balaban J connectivity index is 0.000000298. The number of pyridine rings is 1. The van der Waals surface area contributed by atoms with Crippen molar-refractivity contribution >= 4 is 17.0 Å². The molecule has 3 aromatic rings. The lowest BCUT2D eigenvalue weighted by Gasteiger charge is -2.18. The normalized spacial score (nSPS) is 11.1. The molecule has 0 aliphatic heterocycles. The number of aromatic nitrogens is 4. The predicted molar refractivity (Wildman–Crippen MR) is 130 cm³/mol. The van der Waals surface area contributed by atoms with Gasteiger partial charge in [0.25, 0.3) is 0 Å². The van der Waals surface area contributed by atoms with E-state index in [4.69, 9.17) is 5.26 Å². The highest BCUT2D eigenvalue weighted by Crippen LogP contribution is 2.29. The maximum absolute atomic E-state index is 12.3. The molecular formula is C24H29F6N7. The van der Waals surface area contributed by atoms with Crippen molar-refractivity contribution in [3.05, 3.63) is 60.0 Å². The van der Waals surface area contributed by atoms with E-state index in [9.17, 15) is 26.3 Å². The van der Waals surface area contributed by atoms with Crippen LogP contribution in [0.15, 0.2) is 37.2 Å². The highest BCUT2D eigenvalue weighted by molar-refractivity contribution is 5.53. The van der Waals surface area contributed by atoms with Gasteiger partial charge in [-0.15, -0.1) is 0 Å². The third-order valence-electron chi connectivity index (χ3n) is 4.86.